The van der Waals surface area contributed by atoms with Gasteiger partial charge in [0.05, 0.1) is 0 Å². The first-order chi connectivity index (χ1) is 8.33. The molecule has 0 aliphatic carbocycles. The van der Waals surface area contributed by atoms with Crippen molar-refractivity contribution in [2.75, 3.05) is 0 Å². The molecule has 84 valence electrons. The molecule has 0 amide bonds. The van der Waals surface area contributed by atoms with Crippen molar-refractivity contribution in [1.82, 2.24) is 0 Å². The molecule has 0 spiro atoms. The van der Waals surface area contributed by atoms with Crippen LogP contribution in [0.2, 0.25) is 0 Å². The first kappa shape index (κ1) is 10.6. The molecular weight excluding hydrogens is 276 g/mol. The van der Waals surface area contributed by atoms with Crippen LogP contribution in [0.3, 0.4) is 0 Å². The molecule has 1 aliphatic heterocycles. The Hall–Kier alpha value is -1.54. The van der Waals surface area contributed by atoms with E-state index in [0.29, 0.717) is 6.61 Å². The summed E-state index contributed by atoms with van der Waals surface area (Å²) in [6, 6.07) is 16.5. The lowest BCUT2D eigenvalue weighted by Crippen LogP contribution is -1.80. The van der Waals surface area contributed by atoms with Gasteiger partial charge in [-0.25, -0.2) is 0 Å². The predicted molar refractivity (Wildman–Crippen MR) is 73.2 cm³/mol. The summed E-state index contributed by atoms with van der Waals surface area (Å²) in [6.07, 6.45) is 2.08. The van der Waals surface area contributed by atoms with Crippen molar-refractivity contribution in [3.8, 4) is 0 Å². The average molecular weight is 287 g/mol. The molecule has 1 nitrogen and oxygen atoms in total. The molecule has 0 bridgehead atoms. The maximum Gasteiger partial charge on any atom is 0.128 e. The van der Waals surface area contributed by atoms with Gasteiger partial charge in [0.1, 0.15) is 12.4 Å². The Balaban J connectivity index is 1.99. The van der Waals surface area contributed by atoms with E-state index in [9.17, 15) is 0 Å². The van der Waals surface area contributed by atoms with Gasteiger partial charge in [0.25, 0.3) is 0 Å². The Morgan fingerprint density at radius 1 is 1.00 bits per heavy atom. The lowest BCUT2D eigenvalue weighted by Gasteiger charge is -2.00. The van der Waals surface area contributed by atoms with Crippen molar-refractivity contribution in [3.05, 3.63) is 69.7 Å². The second-order valence-electron chi connectivity index (χ2n) is 4.01. The van der Waals surface area contributed by atoms with Crippen LogP contribution in [0.15, 0.2) is 53.0 Å². The van der Waals surface area contributed by atoms with Gasteiger partial charge in [-0.1, -0.05) is 52.3 Å². The number of fused-ring (bicyclic) bond motifs is 1. The third-order valence-corrected chi connectivity index (χ3v) is 3.36. The average Bonchev–Trinajstić information content (AvgIpc) is 2.76. The van der Waals surface area contributed by atoms with Crippen LogP contribution in [0.1, 0.15) is 16.7 Å². The molecule has 1 aliphatic rings. The summed E-state index contributed by atoms with van der Waals surface area (Å²) in [5.41, 5.74) is 3.62. The van der Waals surface area contributed by atoms with Gasteiger partial charge in [0.15, 0.2) is 0 Å². The first-order valence-electron chi connectivity index (χ1n) is 5.51. The van der Waals surface area contributed by atoms with Crippen LogP contribution < -0.4 is 0 Å². The van der Waals surface area contributed by atoms with E-state index in [2.05, 4.69) is 46.3 Å². The van der Waals surface area contributed by atoms with E-state index in [1.54, 1.807) is 0 Å². The number of rotatable bonds is 1. The molecule has 1 heterocycles. The summed E-state index contributed by atoms with van der Waals surface area (Å²) < 4.78 is 6.80. The minimum Gasteiger partial charge on any atom is -0.488 e. The Morgan fingerprint density at radius 3 is 2.59 bits per heavy atom. The highest BCUT2D eigenvalue weighted by Gasteiger charge is 2.16. The van der Waals surface area contributed by atoms with Crippen molar-refractivity contribution in [2.45, 2.75) is 6.61 Å². The quantitative estimate of drug-likeness (QED) is 0.751. The zero-order valence-corrected chi connectivity index (χ0v) is 10.8. The van der Waals surface area contributed by atoms with E-state index in [1.165, 1.54) is 11.1 Å². The maximum absolute atomic E-state index is 5.71. The number of ether oxygens (including phenoxy) is 1. The van der Waals surface area contributed by atoms with Crippen molar-refractivity contribution in [3.63, 3.8) is 0 Å². The molecule has 0 saturated carbocycles. The Labute approximate surface area is 109 Å². The number of hydrogen-bond donors (Lipinski definition) is 0. The van der Waals surface area contributed by atoms with Crippen LogP contribution in [0.5, 0.6) is 0 Å². The van der Waals surface area contributed by atoms with Gasteiger partial charge in [-0.2, -0.15) is 0 Å². The molecule has 2 aromatic rings. The molecule has 0 aromatic heterocycles. The number of benzene rings is 2. The van der Waals surface area contributed by atoms with Crippen LogP contribution in [-0.4, -0.2) is 0 Å². The van der Waals surface area contributed by atoms with Crippen molar-refractivity contribution in [1.29, 1.82) is 0 Å². The summed E-state index contributed by atoms with van der Waals surface area (Å²) in [7, 11) is 0. The largest absolute Gasteiger partial charge is 0.488 e. The summed E-state index contributed by atoms with van der Waals surface area (Å²) >= 11 is 3.43. The van der Waals surface area contributed by atoms with E-state index >= 15 is 0 Å². The van der Waals surface area contributed by atoms with E-state index in [-0.39, 0.29) is 0 Å². The van der Waals surface area contributed by atoms with Gasteiger partial charge >= 0.3 is 0 Å². The SMILES string of the molecule is Brc1ccc(C=C2OCc3ccccc32)cc1. The molecule has 3 rings (SSSR count). The Morgan fingerprint density at radius 2 is 1.76 bits per heavy atom. The van der Waals surface area contributed by atoms with Crippen molar-refractivity contribution in [2.24, 2.45) is 0 Å². The van der Waals surface area contributed by atoms with Crippen LogP contribution in [0.25, 0.3) is 11.8 Å². The van der Waals surface area contributed by atoms with E-state index in [0.717, 1.165) is 15.8 Å². The van der Waals surface area contributed by atoms with Crippen LogP contribution in [0, 0.1) is 0 Å². The molecule has 17 heavy (non-hydrogen) atoms. The van der Waals surface area contributed by atoms with Gasteiger partial charge in [0.2, 0.25) is 0 Å². The topological polar surface area (TPSA) is 9.23 Å². The molecule has 0 atom stereocenters. The van der Waals surface area contributed by atoms with Crippen molar-refractivity contribution >= 4 is 27.8 Å². The standard InChI is InChI=1S/C15H11BrO/c16-13-7-5-11(6-8-13)9-15-14-4-2-1-3-12(14)10-17-15/h1-9H,10H2. The van der Waals surface area contributed by atoms with Crippen molar-refractivity contribution < 1.29 is 4.74 Å². The fourth-order valence-corrected chi connectivity index (χ4v) is 2.21. The van der Waals surface area contributed by atoms with Crippen LogP contribution in [-0.2, 0) is 11.3 Å². The molecule has 0 N–H and O–H groups in total. The first-order valence-corrected chi connectivity index (χ1v) is 6.30. The molecule has 0 saturated heterocycles. The molecular formula is C15H11BrO. The van der Waals surface area contributed by atoms with Gasteiger partial charge in [0, 0.05) is 15.6 Å². The molecule has 2 aromatic carbocycles. The van der Waals surface area contributed by atoms with Crippen LogP contribution in [0.4, 0.5) is 0 Å². The molecule has 0 fully saturated rings. The van der Waals surface area contributed by atoms with E-state index < -0.39 is 0 Å². The highest BCUT2D eigenvalue weighted by molar-refractivity contribution is 9.10. The Bertz CT molecular complexity index is 570. The summed E-state index contributed by atoms with van der Waals surface area (Å²) in [5, 5.41) is 0. The zero-order valence-electron chi connectivity index (χ0n) is 9.19. The number of halogens is 1. The van der Waals surface area contributed by atoms with Gasteiger partial charge in [-0.3, -0.25) is 0 Å². The highest BCUT2D eigenvalue weighted by Crippen LogP contribution is 2.30. The summed E-state index contributed by atoms with van der Waals surface area (Å²) in [5.74, 6) is 0.961. The van der Waals surface area contributed by atoms with E-state index in [4.69, 9.17) is 4.74 Å². The van der Waals surface area contributed by atoms with Gasteiger partial charge in [-0.15, -0.1) is 0 Å². The van der Waals surface area contributed by atoms with Gasteiger partial charge < -0.3 is 4.74 Å². The maximum atomic E-state index is 5.71. The molecule has 2 heteroatoms. The smallest absolute Gasteiger partial charge is 0.128 e. The monoisotopic (exact) mass is 286 g/mol. The third kappa shape index (κ3) is 2.13. The fraction of sp³-hybridized carbons (Fsp3) is 0.0667. The fourth-order valence-electron chi connectivity index (χ4n) is 1.95. The zero-order chi connectivity index (χ0) is 11.7. The lowest BCUT2D eigenvalue weighted by atomic mass is 10.1. The number of hydrogen-bond acceptors (Lipinski definition) is 1. The molecule has 0 radical (unpaired) electrons. The minimum atomic E-state index is 0.679. The minimum absolute atomic E-state index is 0.679. The summed E-state index contributed by atoms with van der Waals surface area (Å²) in [6.45, 7) is 0.679. The second kappa shape index (κ2) is 4.38. The lowest BCUT2D eigenvalue weighted by molar-refractivity contribution is 0.287. The Kier molecular flexibility index (Phi) is 2.73. The van der Waals surface area contributed by atoms with Gasteiger partial charge in [-0.05, 0) is 23.8 Å². The third-order valence-electron chi connectivity index (χ3n) is 2.83. The van der Waals surface area contributed by atoms with Crippen LogP contribution >= 0.6 is 15.9 Å². The summed E-state index contributed by atoms with van der Waals surface area (Å²) in [4.78, 5) is 0. The highest BCUT2D eigenvalue weighted by atomic mass is 79.9. The predicted octanol–water partition coefficient (Wildman–Crippen LogP) is 4.48. The normalized spacial score (nSPS) is 15.7. The van der Waals surface area contributed by atoms with E-state index in [1.807, 2.05) is 24.3 Å². The second-order valence-corrected chi connectivity index (χ2v) is 4.92. The molecule has 0 unspecified atom stereocenters.